The monoisotopic (exact) mass is 514 g/mol. The van der Waals surface area contributed by atoms with Crippen LogP contribution in [-0.4, -0.2) is 39.4 Å². The minimum Gasteiger partial charge on any atom is -0.329 e. The summed E-state index contributed by atoms with van der Waals surface area (Å²) in [5.41, 5.74) is 5.05. The lowest BCUT2D eigenvalue weighted by Crippen LogP contribution is -2.40. The lowest BCUT2D eigenvalue weighted by Gasteiger charge is -2.25. The SMILES string of the molecule is Cc1ccc(-n2cc(-c3ccc(Cl)cc3)nc2NC(=O)CN(CC(C)C)C(=O)c2ccccc2C)cc1. The van der Waals surface area contributed by atoms with E-state index in [9.17, 15) is 9.59 Å². The highest BCUT2D eigenvalue weighted by Crippen LogP contribution is 2.26. The summed E-state index contributed by atoms with van der Waals surface area (Å²) in [6.07, 6.45) is 1.88. The number of hydrogen-bond acceptors (Lipinski definition) is 3. The number of rotatable bonds is 8. The van der Waals surface area contributed by atoms with Crippen molar-refractivity contribution in [3.05, 3.63) is 101 Å². The lowest BCUT2D eigenvalue weighted by molar-refractivity contribution is -0.117. The van der Waals surface area contributed by atoms with E-state index in [1.165, 1.54) is 0 Å². The summed E-state index contributed by atoms with van der Waals surface area (Å²) in [7, 11) is 0. The van der Waals surface area contributed by atoms with Crippen molar-refractivity contribution >= 4 is 29.4 Å². The number of benzene rings is 3. The van der Waals surface area contributed by atoms with Gasteiger partial charge in [0.15, 0.2) is 0 Å². The second-order valence-corrected chi connectivity index (χ2v) is 10.0. The Morgan fingerprint density at radius 3 is 2.30 bits per heavy atom. The van der Waals surface area contributed by atoms with Crippen LogP contribution in [0.1, 0.15) is 35.3 Å². The second kappa shape index (κ2) is 11.4. The van der Waals surface area contributed by atoms with Crippen LogP contribution in [-0.2, 0) is 4.79 Å². The first kappa shape index (κ1) is 26.2. The first-order valence-corrected chi connectivity index (χ1v) is 12.7. The van der Waals surface area contributed by atoms with Crippen molar-refractivity contribution in [2.24, 2.45) is 5.92 Å². The summed E-state index contributed by atoms with van der Waals surface area (Å²) >= 11 is 6.06. The number of hydrogen-bond donors (Lipinski definition) is 1. The molecule has 1 heterocycles. The molecule has 0 radical (unpaired) electrons. The third-order valence-corrected chi connectivity index (χ3v) is 6.24. The van der Waals surface area contributed by atoms with Gasteiger partial charge in [-0.05, 0) is 55.7 Å². The number of nitrogens with one attached hydrogen (secondary N) is 1. The van der Waals surface area contributed by atoms with E-state index >= 15 is 0 Å². The van der Waals surface area contributed by atoms with Gasteiger partial charge in [0.1, 0.15) is 6.54 Å². The van der Waals surface area contributed by atoms with Crippen molar-refractivity contribution in [3.63, 3.8) is 0 Å². The van der Waals surface area contributed by atoms with Gasteiger partial charge in [0, 0.05) is 34.6 Å². The van der Waals surface area contributed by atoms with Crippen molar-refractivity contribution in [2.45, 2.75) is 27.7 Å². The fourth-order valence-electron chi connectivity index (χ4n) is 4.11. The zero-order chi connectivity index (χ0) is 26.5. The van der Waals surface area contributed by atoms with Gasteiger partial charge in [-0.15, -0.1) is 0 Å². The molecule has 0 saturated carbocycles. The quantitative estimate of drug-likeness (QED) is 0.290. The molecule has 2 amide bonds. The number of anilines is 1. The minimum atomic E-state index is -0.316. The highest BCUT2D eigenvalue weighted by Gasteiger charge is 2.22. The van der Waals surface area contributed by atoms with E-state index in [0.29, 0.717) is 28.8 Å². The van der Waals surface area contributed by atoms with Gasteiger partial charge >= 0.3 is 0 Å². The predicted molar refractivity (Wildman–Crippen MR) is 149 cm³/mol. The molecule has 1 N–H and O–H groups in total. The first-order chi connectivity index (χ1) is 17.7. The molecular formula is C30H31ClN4O2. The predicted octanol–water partition coefficient (Wildman–Crippen LogP) is 6.55. The molecule has 0 aliphatic carbocycles. The highest BCUT2D eigenvalue weighted by atomic mass is 35.5. The van der Waals surface area contributed by atoms with Crippen LogP contribution in [0.5, 0.6) is 0 Å². The Bertz CT molecular complexity index is 1390. The Hall–Kier alpha value is -3.90. The fraction of sp³-hybridized carbons (Fsp3) is 0.233. The standard InChI is InChI=1S/C30H31ClN4O2/c1-20(2)17-34(29(37)26-8-6-5-7-22(26)4)19-28(36)33-30-32-27(23-11-13-24(31)14-12-23)18-35(30)25-15-9-21(3)10-16-25/h5-16,18,20H,17,19H2,1-4H3,(H,32,33,36). The van der Waals surface area contributed by atoms with Crippen LogP contribution in [0.15, 0.2) is 79.0 Å². The summed E-state index contributed by atoms with van der Waals surface area (Å²) in [6, 6.07) is 22.8. The molecule has 7 heteroatoms. The largest absolute Gasteiger partial charge is 0.329 e. The van der Waals surface area contributed by atoms with Crippen LogP contribution in [0.4, 0.5) is 5.95 Å². The number of halogens is 1. The number of carbonyl (C=O) groups is 2. The smallest absolute Gasteiger partial charge is 0.254 e. The van der Waals surface area contributed by atoms with E-state index in [4.69, 9.17) is 16.6 Å². The summed E-state index contributed by atoms with van der Waals surface area (Å²) < 4.78 is 1.84. The lowest BCUT2D eigenvalue weighted by atomic mass is 10.1. The van der Waals surface area contributed by atoms with E-state index in [1.54, 1.807) is 23.1 Å². The van der Waals surface area contributed by atoms with Crippen molar-refractivity contribution in [2.75, 3.05) is 18.4 Å². The molecule has 190 valence electrons. The van der Waals surface area contributed by atoms with Crippen LogP contribution < -0.4 is 5.32 Å². The van der Waals surface area contributed by atoms with Crippen molar-refractivity contribution in [3.8, 4) is 16.9 Å². The summed E-state index contributed by atoms with van der Waals surface area (Å²) in [6.45, 7) is 8.36. The Labute approximate surface area is 222 Å². The molecule has 1 aromatic heterocycles. The molecule has 0 fully saturated rings. The van der Waals surface area contributed by atoms with Crippen molar-refractivity contribution in [1.82, 2.24) is 14.5 Å². The summed E-state index contributed by atoms with van der Waals surface area (Å²) in [5, 5.41) is 3.58. The fourth-order valence-corrected chi connectivity index (χ4v) is 4.24. The molecule has 0 bridgehead atoms. The average Bonchev–Trinajstić information content (AvgIpc) is 3.27. The van der Waals surface area contributed by atoms with E-state index in [0.717, 1.165) is 22.4 Å². The summed E-state index contributed by atoms with van der Waals surface area (Å²) in [5.74, 6) is 0.105. The molecule has 6 nitrogen and oxygen atoms in total. The average molecular weight is 515 g/mol. The van der Waals surface area contributed by atoms with Gasteiger partial charge in [-0.25, -0.2) is 4.98 Å². The Morgan fingerprint density at radius 1 is 0.973 bits per heavy atom. The van der Waals surface area contributed by atoms with Gasteiger partial charge in [-0.3, -0.25) is 19.5 Å². The van der Waals surface area contributed by atoms with Crippen LogP contribution in [0, 0.1) is 19.8 Å². The second-order valence-electron chi connectivity index (χ2n) is 9.60. The number of aryl methyl sites for hydroxylation is 2. The van der Waals surface area contributed by atoms with Crippen molar-refractivity contribution in [1.29, 1.82) is 0 Å². The zero-order valence-corrected chi connectivity index (χ0v) is 22.3. The van der Waals surface area contributed by atoms with Crippen LogP contribution in [0.2, 0.25) is 5.02 Å². The molecule has 0 spiro atoms. The molecule has 37 heavy (non-hydrogen) atoms. The van der Waals surface area contributed by atoms with Gasteiger partial charge in [-0.2, -0.15) is 0 Å². The maximum absolute atomic E-state index is 13.3. The number of nitrogens with zero attached hydrogens (tertiary/aromatic N) is 3. The number of imidazole rings is 1. The molecule has 0 atom stereocenters. The van der Waals surface area contributed by atoms with Gasteiger partial charge in [0.05, 0.1) is 5.69 Å². The van der Waals surface area contributed by atoms with E-state index in [1.807, 2.05) is 93.1 Å². The maximum Gasteiger partial charge on any atom is 0.254 e. The molecule has 0 saturated heterocycles. The molecule has 4 aromatic rings. The first-order valence-electron chi connectivity index (χ1n) is 12.3. The van der Waals surface area contributed by atoms with Gasteiger partial charge < -0.3 is 4.90 Å². The van der Waals surface area contributed by atoms with Gasteiger partial charge in [0.2, 0.25) is 11.9 Å². The topological polar surface area (TPSA) is 67.2 Å². The molecule has 4 rings (SSSR count). The molecule has 3 aromatic carbocycles. The third kappa shape index (κ3) is 6.46. The Kier molecular flexibility index (Phi) is 8.09. The van der Waals surface area contributed by atoms with Gasteiger partial charge in [0.25, 0.3) is 5.91 Å². The molecule has 0 unspecified atom stereocenters. The normalized spacial score (nSPS) is 11.0. The molecular weight excluding hydrogens is 484 g/mol. The highest BCUT2D eigenvalue weighted by molar-refractivity contribution is 6.30. The van der Waals surface area contributed by atoms with Crippen LogP contribution >= 0.6 is 11.6 Å². The van der Waals surface area contributed by atoms with E-state index in [2.05, 4.69) is 5.32 Å². The Balaban J connectivity index is 1.63. The number of carbonyl (C=O) groups excluding carboxylic acids is 2. The van der Waals surface area contributed by atoms with Gasteiger partial charge in [-0.1, -0.05) is 73.5 Å². The molecule has 0 aliphatic rings. The zero-order valence-electron chi connectivity index (χ0n) is 21.5. The number of amides is 2. The van der Waals surface area contributed by atoms with Crippen LogP contribution in [0.25, 0.3) is 16.9 Å². The van der Waals surface area contributed by atoms with Crippen molar-refractivity contribution < 1.29 is 9.59 Å². The summed E-state index contributed by atoms with van der Waals surface area (Å²) in [4.78, 5) is 32.9. The Morgan fingerprint density at radius 2 is 1.65 bits per heavy atom. The van der Waals surface area contributed by atoms with E-state index < -0.39 is 0 Å². The number of aromatic nitrogens is 2. The maximum atomic E-state index is 13.3. The third-order valence-electron chi connectivity index (χ3n) is 5.99. The van der Waals surface area contributed by atoms with E-state index in [-0.39, 0.29) is 24.3 Å². The minimum absolute atomic E-state index is 0.0810. The molecule has 0 aliphatic heterocycles. The van der Waals surface area contributed by atoms with Crippen LogP contribution in [0.3, 0.4) is 0 Å².